The highest BCUT2D eigenvalue weighted by Crippen LogP contribution is 2.25. The van der Waals surface area contributed by atoms with Crippen molar-refractivity contribution in [2.75, 3.05) is 20.2 Å². The minimum Gasteiger partial charge on any atom is -0.497 e. The number of methoxy groups -OCH3 is 1. The zero-order valence-electron chi connectivity index (χ0n) is 13.3. The molecule has 1 amide bonds. The summed E-state index contributed by atoms with van der Waals surface area (Å²) in [5, 5.41) is 3.30. The van der Waals surface area contributed by atoms with Crippen molar-refractivity contribution in [1.29, 1.82) is 0 Å². The van der Waals surface area contributed by atoms with E-state index in [4.69, 9.17) is 4.74 Å². The Labute approximate surface area is 127 Å². The number of hydrogen-bond donors (Lipinski definition) is 1. The third kappa shape index (κ3) is 4.21. The number of ether oxygens (including phenoxy) is 1. The van der Waals surface area contributed by atoms with Crippen LogP contribution in [-0.4, -0.2) is 31.0 Å². The van der Waals surface area contributed by atoms with Crippen LogP contribution >= 0.6 is 0 Å². The number of unbranched alkanes of at least 4 members (excludes halogenated alkanes) is 1. The van der Waals surface area contributed by atoms with Gasteiger partial charge in [0, 0.05) is 6.54 Å². The number of nitrogens with one attached hydrogen (secondary N) is 1. The molecule has 116 valence electrons. The number of hydrogen-bond acceptors (Lipinski definition) is 3. The van der Waals surface area contributed by atoms with E-state index in [0.717, 1.165) is 30.2 Å². The lowest BCUT2D eigenvalue weighted by atomic mass is 10.1. The van der Waals surface area contributed by atoms with Gasteiger partial charge >= 0.3 is 0 Å². The fraction of sp³-hybridized carbons (Fsp3) is 0.588. The Kier molecular flexibility index (Phi) is 5.62. The van der Waals surface area contributed by atoms with Gasteiger partial charge in [0.15, 0.2) is 0 Å². The van der Waals surface area contributed by atoms with Gasteiger partial charge in [-0.15, -0.1) is 0 Å². The Morgan fingerprint density at radius 3 is 2.62 bits per heavy atom. The van der Waals surface area contributed by atoms with Crippen LogP contribution < -0.4 is 10.1 Å². The summed E-state index contributed by atoms with van der Waals surface area (Å²) in [6.07, 6.45) is 3.47. The number of benzene rings is 1. The number of nitrogens with zero attached hydrogens (tertiary/aromatic N) is 1. The molecule has 1 N–H and O–H groups in total. The molecule has 1 fully saturated rings. The molecular formula is C17H26N2O2. The van der Waals surface area contributed by atoms with Crippen LogP contribution in [-0.2, 0) is 4.79 Å². The van der Waals surface area contributed by atoms with E-state index in [2.05, 4.69) is 19.2 Å². The van der Waals surface area contributed by atoms with E-state index in [1.54, 1.807) is 7.11 Å². The van der Waals surface area contributed by atoms with Crippen molar-refractivity contribution < 1.29 is 9.53 Å². The molecule has 1 aromatic rings. The second-order valence-electron chi connectivity index (χ2n) is 6.03. The molecule has 0 aliphatic carbocycles. The monoisotopic (exact) mass is 290 g/mol. The van der Waals surface area contributed by atoms with Crippen molar-refractivity contribution >= 4 is 5.91 Å². The summed E-state index contributed by atoms with van der Waals surface area (Å²) in [5.41, 5.74) is 1.12. The van der Waals surface area contributed by atoms with Gasteiger partial charge in [-0.05, 0) is 30.0 Å². The molecule has 1 saturated heterocycles. The smallest absolute Gasteiger partial charge is 0.238 e. The molecule has 0 spiro atoms. The maximum Gasteiger partial charge on any atom is 0.238 e. The molecule has 1 aromatic carbocycles. The summed E-state index contributed by atoms with van der Waals surface area (Å²) in [7, 11) is 1.66. The van der Waals surface area contributed by atoms with Gasteiger partial charge in [-0.1, -0.05) is 38.8 Å². The quantitative estimate of drug-likeness (QED) is 0.785. The molecule has 1 aliphatic heterocycles. The molecule has 4 nitrogen and oxygen atoms in total. The Bertz CT molecular complexity index is 456. The second kappa shape index (κ2) is 7.46. The zero-order chi connectivity index (χ0) is 15.2. The van der Waals surface area contributed by atoms with Crippen molar-refractivity contribution in [2.24, 2.45) is 5.92 Å². The summed E-state index contributed by atoms with van der Waals surface area (Å²) in [6.45, 7) is 5.74. The van der Waals surface area contributed by atoms with Crippen molar-refractivity contribution in [3.63, 3.8) is 0 Å². The Morgan fingerprint density at radius 1 is 1.29 bits per heavy atom. The van der Waals surface area contributed by atoms with E-state index in [1.165, 1.54) is 12.8 Å². The third-order valence-electron chi connectivity index (χ3n) is 3.94. The molecule has 0 saturated carbocycles. The van der Waals surface area contributed by atoms with Gasteiger partial charge < -0.3 is 9.64 Å². The van der Waals surface area contributed by atoms with Crippen LogP contribution in [0.15, 0.2) is 24.3 Å². The number of carbonyl (C=O) groups is 1. The number of amides is 1. The molecule has 0 radical (unpaired) electrons. The first-order valence-electron chi connectivity index (χ1n) is 7.78. The molecule has 0 bridgehead atoms. The normalized spacial score (nSPS) is 18.6. The summed E-state index contributed by atoms with van der Waals surface area (Å²) in [5.74, 6) is 1.77. The molecule has 21 heavy (non-hydrogen) atoms. The molecule has 1 aliphatic rings. The van der Waals surface area contributed by atoms with Crippen LogP contribution in [0.3, 0.4) is 0 Å². The summed E-state index contributed by atoms with van der Waals surface area (Å²) in [4.78, 5) is 14.0. The lowest BCUT2D eigenvalue weighted by Gasteiger charge is -2.25. The fourth-order valence-electron chi connectivity index (χ4n) is 2.71. The highest BCUT2D eigenvalue weighted by atomic mass is 16.5. The van der Waals surface area contributed by atoms with Gasteiger partial charge in [0.05, 0.1) is 13.7 Å². The highest BCUT2D eigenvalue weighted by molar-refractivity contribution is 5.80. The molecular weight excluding hydrogens is 264 g/mol. The van der Waals surface area contributed by atoms with Gasteiger partial charge in [0.25, 0.3) is 0 Å². The van der Waals surface area contributed by atoms with Crippen molar-refractivity contribution in [3.8, 4) is 5.75 Å². The van der Waals surface area contributed by atoms with Crippen molar-refractivity contribution in [3.05, 3.63) is 29.8 Å². The number of carbonyl (C=O) groups excluding carboxylic acids is 1. The minimum atomic E-state index is 0.00227. The molecule has 1 heterocycles. The summed E-state index contributed by atoms with van der Waals surface area (Å²) < 4.78 is 5.18. The first-order valence-corrected chi connectivity index (χ1v) is 7.78. The highest BCUT2D eigenvalue weighted by Gasteiger charge is 2.30. The Morgan fingerprint density at radius 2 is 2.00 bits per heavy atom. The Balaban J connectivity index is 1.95. The van der Waals surface area contributed by atoms with Crippen LogP contribution in [0.5, 0.6) is 5.75 Å². The average Bonchev–Trinajstić information content (AvgIpc) is 2.85. The van der Waals surface area contributed by atoms with Crippen LogP contribution in [0.25, 0.3) is 0 Å². The van der Waals surface area contributed by atoms with E-state index in [1.807, 2.05) is 29.2 Å². The molecule has 4 heteroatoms. The Hall–Kier alpha value is -1.55. The maximum atomic E-state index is 12.0. The summed E-state index contributed by atoms with van der Waals surface area (Å²) in [6, 6.07) is 7.93. The van der Waals surface area contributed by atoms with Crippen LogP contribution in [0, 0.1) is 5.92 Å². The van der Waals surface area contributed by atoms with E-state index >= 15 is 0 Å². The van der Waals surface area contributed by atoms with Crippen LogP contribution in [0.1, 0.15) is 44.8 Å². The lowest BCUT2D eigenvalue weighted by molar-refractivity contribution is -0.128. The first kappa shape index (κ1) is 15.8. The largest absolute Gasteiger partial charge is 0.497 e. The third-order valence-corrected chi connectivity index (χ3v) is 3.94. The predicted molar refractivity (Wildman–Crippen MR) is 84.1 cm³/mol. The van der Waals surface area contributed by atoms with E-state index in [9.17, 15) is 4.79 Å². The second-order valence-corrected chi connectivity index (χ2v) is 6.03. The van der Waals surface area contributed by atoms with Crippen molar-refractivity contribution in [1.82, 2.24) is 10.2 Å². The maximum absolute atomic E-state index is 12.0. The van der Waals surface area contributed by atoms with Gasteiger partial charge in [-0.3, -0.25) is 10.1 Å². The SMILES string of the molecule is COc1ccc(C2NCC(=O)N2CCCCC(C)C)cc1. The standard InChI is InChI=1S/C17H26N2O2/c1-13(2)6-4-5-11-19-16(20)12-18-17(19)14-7-9-15(21-3)10-8-14/h7-10,13,17-18H,4-6,11-12H2,1-3H3. The molecule has 1 atom stereocenters. The first-order chi connectivity index (χ1) is 10.1. The van der Waals surface area contributed by atoms with Gasteiger partial charge in [-0.2, -0.15) is 0 Å². The molecule has 0 aromatic heterocycles. The van der Waals surface area contributed by atoms with Gasteiger partial charge in [0.1, 0.15) is 11.9 Å². The topological polar surface area (TPSA) is 41.6 Å². The molecule has 2 rings (SSSR count). The van der Waals surface area contributed by atoms with E-state index in [0.29, 0.717) is 6.54 Å². The lowest BCUT2D eigenvalue weighted by Crippen LogP contribution is -2.31. The minimum absolute atomic E-state index is 0.00227. The van der Waals surface area contributed by atoms with E-state index in [-0.39, 0.29) is 12.1 Å². The van der Waals surface area contributed by atoms with Crippen molar-refractivity contribution in [2.45, 2.75) is 39.3 Å². The van der Waals surface area contributed by atoms with Crippen LogP contribution in [0.4, 0.5) is 0 Å². The number of rotatable bonds is 7. The predicted octanol–water partition coefficient (Wildman–Crippen LogP) is 2.95. The fourth-order valence-corrected chi connectivity index (χ4v) is 2.71. The van der Waals surface area contributed by atoms with Crippen LogP contribution in [0.2, 0.25) is 0 Å². The van der Waals surface area contributed by atoms with E-state index < -0.39 is 0 Å². The van der Waals surface area contributed by atoms with Gasteiger partial charge in [-0.25, -0.2) is 0 Å². The molecule has 1 unspecified atom stereocenters. The average molecular weight is 290 g/mol. The zero-order valence-corrected chi connectivity index (χ0v) is 13.3. The summed E-state index contributed by atoms with van der Waals surface area (Å²) >= 11 is 0. The van der Waals surface area contributed by atoms with Gasteiger partial charge in [0.2, 0.25) is 5.91 Å².